The van der Waals surface area contributed by atoms with Gasteiger partial charge in [0, 0.05) is 13.2 Å². The van der Waals surface area contributed by atoms with Crippen LogP contribution in [-0.4, -0.2) is 25.9 Å². The molecule has 140 valence electrons. The van der Waals surface area contributed by atoms with Gasteiger partial charge in [-0.05, 0) is 62.4 Å². The molecule has 0 radical (unpaired) electrons. The Morgan fingerprint density at radius 2 is 1.85 bits per heavy atom. The highest BCUT2D eigenvalue weighted by Gasteiger charge is 2.21. The van der Waals surface area contributed by atoms with Crippen molar-refractivity contribution in [1.82, 2.24) is 14.6 Å². The van der Waals surface area contributed by atoms with Gasteiger partial charge in [0.2, 0.25) is 10.0 Å². The fourth-order valence-corrected chi connectivity index (χ4v) is 4.20. The van der Waals surface area contributed by atoms with Crippen LogP contribution in [0, 0.1) is 0 Å². The van der Waals surface area contributed by atoms with E-state index in [9.17, 15) is 13.2 Å². The van der Waals surface area contributed by atoms with Crippen molar-refractivity contribution in [2.45, 2.75) is 43.5 Å². The highest BCUT2D eigenvalue weighted by molar-refractivity contribution is 7.89. The molecular formula is C19H25N3O3S. The second kappa shape index (κ2) is 7.25. The second-order valence-corrected chi connectivity index (χ2v) is 8.70. The molecule has 1 aliphatic rings. The quantitative estimate of drug-likeness (QED) is 0.841. The Hall–Kier alpha value is -2.12. The van der Waals surface area contributed by atoms with E-state index in [2.05, 4.69) is 28.2 Å². The normalized spacial score (nSPS) is 15.3. The molecule has 2 N–H and O–H groups in total. The molecule has 1 amide bonds. The molecule has 0 fully saturated rings. The summed E-state index contributed by atoms with van der Waals surface area (Å²) in [6.45, 7) is 1.94. The smallest absolute Gasteiger partial charge is 0.268 e. The molecule has 1 aromatic carbocycles. The van der Waals surface area contributed by atoms with Crippen molar-refractivity contribution in [3.8, 4) is 0 Å². The highest BCUT2D eigenvalue weighted by atomic mass is 32.2. The third kappa shape index (κ3) is 3.68. The topological polar surface area (TPSA) is 80.2 Å². The van der Waals surface area contributed by atoms with Crippen LogP contribution in [0.3, 0.4) is 0 Å². The van der Waals surface area contributed by atoms with E-state index in [0.717, 1.165) is 18.4 Å². The highest BCUT2D eigenvalue weighted by Crippen LogP contribution is 2.25. The average molecular weight is 375 g/mol. The summed E-state index contributed by atoms with van der Waals surface area (Å²) < 4.78 is 27.6. The van der Waals surface area contributed by atoms with Crippen LogP contribution in [0.5, 0.6) is 0 Å². The van der Waals surface area contributed by atoms with Crippen molar-refractivity contribution in [1.29, 1.82) is 0 Å². The number of fused-ring (bicyclic) bond motifs is 1. The summed E-state index contributed by atoms with van der Waals surface area (Å²) in [6, 6.07) is 7.64. The van der Waals surface area contributed by atoms with E-state index >= 15 is 0 Å². The van der Waals surface area contributed by atoms with Crippen LogP contribution in [0.15, 0.2) is 35.4 Å². The first kappa shape index (κ1) is 18.7. The third-order valence-electron chi connectivity index (χ3n) is 5.01. The molecule has 1 unspecified atom stereocenters. The van der Waals surface area contributed by atoms with Gasteiger partial charge in [-0.25, -0.2) is 13.1 Å². The van der Waals surface area contributed by atoms with Crippen molar-refractivity contribution in [3.63, 3.8) is 0 Å². The number of amides is 1. The van der Waals surface area contributed by atoms with E-state index in [1.54, 1.807) is 7.05 Å². The summed E-state index contributed by atoms with van der Waals surface area (Å²) in [5.41, 5.74) is 4.15. The zero-order chi connectivity index (χ0) is 18.9. The predicted octanol–water partition coefficient (Wildman–Crippen LogP) is 2.30. The van der Waals surface area contributed by atoms with Gasteiger partial charge in [0.25, 0.3) is 5.91 Å². The third-order valence-corrected chi connectivity index (χ3v) is 6.39. The molecule has 26 heavy (non-hydrogen) atoms. The van der Waals surface area contributed by atoms with Gasteiger partial charge in [0.15, 0.2) is 0 Å². The van der Waals surface area contributed by atoms with Gasteiger partial charge in [-0.15, -0.1) is 0 Å². The molecule has 1 heterocycles. The molecule has 1 aliphatic carbocycles. The zero-order valence-corrected chi connectivity index (χ0v) is 16.2. The average Bonchev–Trinajstić information content (AvgIpc) is 3.04. The predicted molar refractivity (Wildman–Crippen MR) is 101 cm³/mol. The number of hydrogen-bond acceptors (Lipinski definition) is 3. The molecule has 0 spiro atoms. The van der Waals surface area contributed by atoms with Crippen LogP contribution >= 0.6 is 0 Å². The monoisotopic (exact) mass is 375 g/mol. The Morgan fingerprint density at radius 3 is 2.54 bits per heavy atom. The van der Waals surface area contributed by atoms with Crippen LogP contribution in [0.2, 0.25) is 0 Å². The molecular weight excluding hydrogens is 350 g/mol. The van der Waals surface area contributed by atoms with Crippen LogP contribution in [-0.2, 0) is 29.9 Å². The van der Waals surface area contributed by atoms with Crippen LogP contribution < -0.4 is 10.0 Å². The number of aromatic nitrogens is 1. The summed E-state index contributed by atoms with van der Waals surface area (Å²) in [4.78, 5) is 12.7. The number of sulfonamides is 1. The lowest BCUT2D eigenvalue weighted by atomic mass is 9.89. The van der Waals surface area contributed by atoms with E-state index in [1.165, 1.54) is 47.8 Å². The lowest BCUT2D eigenvalue weighted by Crippen LogP contribution is -2.28. The zero-order valence-electron chi connectivity index (χ0n) is 15.4. The second-order valence-electron chi connectivity index (χ2n) is 6.81. The Bertz CT molecular complexity index is 932. The van der Waals surface area contributed by atoms with Gasteiger partial charge in [0.05, 0.1) is 6.04 Å². The van der Waals surface area contributed by atoms with Crippen molar-refractivity contribution in [3.05, 3.63) is 52.8 Å². The Kier molecular flexibility index (Phi) is 5.20. The summed E-state index contributed by atoms with van der Waals surface area (Å²) >= 11 is 0. The molecule has 0 saturated carbocycles. The Balaban J connectivity index is 1.78. The van der Waals surface area contributed by atoms with Crippen LogP contribution in [0.25, 0.3) is 0 Å². The molecule has 0 saturated heterocycles. The number of carbonyl (C=O) groups excluding carboxylic acids is 1. The van der Waals surface area contributed by atoms with Crippen molar-refractivity contribution < 1.29 is 13.2 Å². The summed E-state index contributed by atoms with van der Waals surface area (Å²) in [6.07, 6.45) is 6.10. The number of nitrogens with zero attached hydrogens (tertiary/aromatic N) is 1. The van der Waals surface area contributed by atoms with E-state index < -0.39 is 10.0 Å². The van der Waals surface area contributed by atoms with Gasteiger partial charge >= 0.3 is 0 Å². The maximum Gasteiger partial charge on any atom is 0.268 e. The maximum absolute atomic E-state index is 12.6. The molecule has 1 atom stereocenters. The van der Waals surface area contributed by atoms with Crippen molar-refractivity contribution in [2.24, 2.45) is 7.05 Å². The van der Waals surface area contributed by atoms with Gasteiger partial charge in [-0.1, -0.05) is 18.2 Å². The van der Waals surface area contributed by atoms with Crippen LogP contribution in [0.4, 0.5) is 0 Å². The standard InChI is InChI=1S/C19H25N3O3S/c1-13(15-9-8-14-6-4-5-7-16(14)10-15)21-19(23)18-11-17(12-22(18)3)26(24,25)20-2/h8-13,20H,4-7H2,1-3H3,(H,21,23). The van der Waals surface area contributed by atoms with Gasteiger partial charge in [-0.3, -0.25) is 4.79 Å². The number of carbonyl (C=O) groups is 1. The number of benzene rings is 1. The molecule has 2 aromatic rings. The minimum Gasteiger partial charge on any atom is -0.345 e. The molecule has 7 heteroatoms. The van der Waals surface area contributed by atoms with Crippen molar-refractivity contribution in [2.75, 3.05) is 7.05 Å². The number of aryl methyl sites for hydroxylation is 3. The van der Waals surface area contributed by atoms with E-state index in [0.29, 0.717) is 5.69 Å². The fraction of sp³-hybridized carbons (Fsp3) is 0.421. The molecule has 0 aliphatic heterocycles. The van der Waals surface area contributed by atoms with E-state index in [1.807, 2.05) is 6.92 Å². The van der Waals surface area contributed by atoms with Crippen LogP contribution in [0.1, 0.15) is 53.0 Å². The molecule has 0 bridgehead atoms. The largest absolute Gasteiger partial charge is 0.345 e. The first-order valence-corrected chi connectivity index (χ1v) is 10.3. The first-order chi connectivity index (χ1) is 12.3. The summed E-state index contributed by atoms with van der Waals surface area (Å²) in [7, 11) is -0.568. The van der Waals surface area contributed by atoms with Gasteiger partial charge in [0.1, 0.15) is 10.6 Å². The van der Waals surface area contributed by atoms with Crippen molar-refractivity contribution >= 4 is 15.9 Å². The minimum atomic E-state index is -3.58. The SMILES string of the molecule is CNS(=O)(=O)c1cc(C(=O)NC(C)c2ccc3c(c2)CCCC3)n(C)c1. The lowest BCUT2D eigenvalue weighted by molar-refractivity contribution is 0.0931. The molecule has 6 nitrogen and oxygen atoms in total. The Morgan fingerprint density at radius 1 is 1.15 bits per heavy atom. The summed E-state index contributed by atoms with van der Waals surface area (Å²) in [5, 5.41) is 2.97. The maximum atomic E-state index is 12.6. The molecule has 3 rings (SSSR count). The van der Waals surface area contributed by atoms with Gasteiger partial charge in [-0.2, -0.15) is 0 Å². The lowest BCUT2D eigenvalue weighted by Gasteiger charge is -2.20. The number of rotatable bonds is 5. The number of hydrogen-bond donors (Lipinski definition) is 2. The fourth-order valence-electron chi connectivity index (χ4n) is 3.40. The first-order valence-electron chi connectivity index (χ1n) is 8.84. The number of nitrogens with one attached hydrogen (secondary N) is 2. The van der Waals surface area contributed by atoms with E-state index in [-0.39, 0.29) is 16.8 Å². The van der Waals surface area contributed by atoms with E-state index in [4.69, 9.17) is 0 Å². The van der Waals surface area contributed by atoms with Gasteiger partial charge < -0.3 is 9.88 Å². The Labute approximate surface area is 154 Å². The molecule has 1 aromatic heterocycles. The summed E-state index contributed by atoms with van der Waals surface area (Å²) in [5.74, 6) is -0.296. The minimum absolute atomic E-state index is 0.0779.